The van der Waals surface area contributed by atoms with E-state index in [0.29, 0.717) is 5.56 Å². The van der Waals surface area contributed by atoms with E-state index in [0.717, 1.165) is 26.2 Å². The van der Waals surface area contributed by atoms with Gasteiger partial charge in [0.25, 0.3) is 5.91 Å². The molecule has 0 spiro atoms. The molecule has 1 saturated heterocycles. The first kappa shape index (κ1) is 18.9. The maximum atomic E-state index is 11.6. The molecule has 2 N–H and O–H groups in total. The van der Waals surface area contributed by atoms with Crippen LogP contribution in [-0.2, 0) is 11.3 Å². The lowest BCUT2D eigenvalue weighted by atomic mass is 10.00. The molecule has 0 saturated carbocycles. The Hall–Kier alpha value is -1.43. The van der Waals surface area contributed by atoms with E-state index in [2.05, 4.69) is 43.2 Å². The second kappa shape index (κ2) is 8.10. The highest BCUT2D eigenvalue weighted by molar-refractivity contribution is 5.93. The number of ether oxygens (including phenoxy) is 1. The van der Waals surface area contributed by atoms with Gasteiger partial charge in [-0.25, -0.2) is 0 Å². The average Bonchev–Trinajstić information content (AvgIpc) is 2.53. The van der Waals surface area contributed by atoms with Crippen LogP contribution in [0.3, 0.4) is 0 Å². The maximum Gasteiger partial charge on any atom is 0.251 e. The minimum atomic E-state index is -0.0498. The van der Waals surface area contributed by atoms with Gasteiger partial charge in [-0.1, -0.05) is 12.1 Å². The second-order valence-corrected chi connectivity index (χ2v) is 7.35. The summed E-state index contributed by atoms with van der Waals surface area (Å²) in [6.07, 6.45) is 0.565. The van der Waals surface area contributed by atoms with E-state index >= 15 is 0 Å². The molecular weight excluding hydrogens is 302 g/mol. The molecule has 24 heavy (non-hydrogen) atoms. The molecule has 1 aliphatic rings. The summed E-state index contributed by atoms with van der Waals surface area (Å²) in [5.74, 6) is -0.0498. The molecule has 0 bridgehead atoms. The standard InChI is InChI=1S/C19H31N3O2/c1-14-11-22(12-15(2)24-14)19(3,4)13-21-10-16-6-8-17(9-7-16)18(23)20-5/h6-9,14-15,21H,10-13H2,1-5H3,(H,20,23). The Labute approximate surface area is 145 Å². The van der Waals surface area contributed by atoms with Crippen molar-refractivity contribution in [3.63, 3.8) is 0 Å². The molecule has 1 fully saturated rings. The molecule has 1 amide bonds. The molecule has 0 aromatic heterocycles. The van der Waals surface area contributed by atoms with Crippen molar-refractivity contribution >= 4 is 5.91 Å². The van der Waals surface area contributed by atoms with Crippen molar-refractivity contribution in [2.75, 3.05) is 26.7 Å². The fraction of sp³-hybridized carbons (Fsp3) is 0.632. The number of rotatable bonds is 6. The quantitative estimate of drug-likeness (QED) is 0.836. The van der Waals surface area contributed by atoms with Crippen LogP contribution in [0.2, 0.25) is 0 Å². The van der Waals surface area contributed by atoms with Crippen LogP contribution in [0, 0.1) is 0 Å². The summed E-state index contributed by atoms with van der Waals surface area (Å²) in [4.78, 5) is 14.1. The van der Waals surface area contributed by atoms with Crippen molar-refractivity contribution in [3.8, 4) is 0 Å². The van der Waals surface area contributed by atoms with Crippen LogP contribution < -0.4 is 10.6 Å². The van der Waals surface area contributed by atoms with Gasteiger partial charge in [0.05, 0.1) is 12.2 Å². The highest BCUT2D eigenvalue weighted by atomic mass is 16.5. The van der Waals surface area contributed by atoms with Gasteiger partial charge in [0, 0.05) is 44.3 Å². The molecule has 2 atom stereocenters. The highest BCUT2D eigenvalue weighted by Crippen LogP contribution is 2.20. The van der Waals surface area contributed by atoms with Gasteiger partial charge < -0.3 is 15.4 Å². The fourth-order valence-electron chi connectivity index (χ4n) is 3.21. The first-order chi connectivity index (χ1) is 11.3. The fourth-order valence-corrected chi connectivity index (χ4v) is 3.21. The Kier molecular flexibility index (Phi) is 6.38. The van der Waals surface area contributed by atoms with Gasteiger partial charge in [-0.3, -0.25) is 9.69 Å². The number of nitrogens with zero attached hydrogens (tertiary/aromatic N) is 1. The SMILES string of the molecule is CNC(=O)c1ccc(CNCC(C)(C)N2CC(C)OC(C)C2)cc1. The van der Waals surface area contributed by atoms with Crippen LogP contribution in [0.25, 0.3) is 0 Å². The van der Waals surface area contributed by atoms with Gasteiger partial charge in [0.1, 0.15) is 0 Å². The third-order valence-corrected chi connectivity index (χ3v) is 4.61. The highest BCUT2D eigenvalue weighted by Gasteiger charge is 2.32. The number of morpholine rings is 1. The van der Waals surface area contributed by atoms with E-state index in [1.165, 1.54) is 5.56 Å². The monoisotopic (exact) mass is 333 g/mol. The Balaban J connectivity index is 1.85. The molecule has 1 heterocycles. The van der Waals surface area contributed by atoms with E-state index in [1.54, 1.807) is 7.05 Å². The van der Waals surface area contributed by atoms with Crippen LogP contribution in [0.15, 0.2) is 24.3 Å². The largest absolute Gasteiger partial charge is 0.373 e. The molecule has 5 nitrogen and oxygen atoms in total. The Morgan fingerprint density at radius 1 is 1.21 bits per heavy atom. The number of amides is 1. The predicted octanol–water partition coefficient (Wildman–Crippen LogP) is 2.02. The number of hydrogen-bond acceptors (Lipinski definition) is 4. The van der Waals surface area contributed by atoms with Gasteiger partial charge in [-0.2, -0.15) is 0 Å². The van der Waals surface area contributed by atoms with Crippen LogP contribution in [-0.4, -0.2) is 55.2 Å². The van der Waals surface area contributed by atoms with Crippen molar-refractivity contribution in [1.82, 2.24) is 15.5 Å². The summed E-state index contributed by atoms with van der Waals surface area (Å²) < 4.78 is 5.83. The second-order valence-electron chi connectivity index (χ2n) is 7.35. The molecule has 1 aromatic carbocycles. The van der Waals surface area contributed by atoms with Crippen molar-refractivity contribution < 1.29 is 9.53 Å². The van der Waals surface area contributed by atoms with Gasteiger partial charge >= 0.3 is 0 Å². The zero-order valence-corrected chi connectivity index (χ0v) is 15.6. The van der Waals surface area contributed by atoms with Crippen LogP contribution in [0.5, 0.6) is 0 Å². The Morgan fingerprint density at radius 2 is 1.79 bits per heavy atom. The maximum absolute atomic E-state index is 11.6. The molecule has 1 aromatic rings. The summed E-state index contributed by atoms with van der Waals surface area (Å²) in [5.41, 5.74) is 1.95. The smallest absolute Gasteiger partial charge is 0.251 e. The summed E-state index contributed by atoms with van der Waals surface area (Å²) in [7, 11) is 1.65. The first-order valence-corrected chi connectivity index (χ1v) is 8.74. The van der Waals surface area contributed by atoms with Crippen LogP contribution in [0.4, 0.5) is 0 Å². The van der Waals surface area contributed by atoms with Crippen LogP contribution >= 0.6 is 0 Å². The molecule has 134 valence electrons. The number of carbonyl (C=O) groups excluding carboxylic acids is 1. The number of carbonyl (C=O) groups is 1. The topological polar surface area (TPSA) is 53.6 Å². The summed E-state index contributed by atoms with van der Waals surface area (Å²) in [5, 5.41) is 6.19. The lowest BCUT2D eigenvalue weighted by Crippen LogP contribution is -2.58. The van der Waals surface area contributed by atoms with Crippen molar-refractivity contribution in [2.45, 2.75) is 52.0 Å². The number of nitrogens with one attached hydrogen (secondary N) is 2. The number of hydrogen-bond donors (Lipinski definition) is 2. The van der Waals surface area contributed by atoms with Crippen molar-refractivity contribution in [2.24, 2.45) is 0 Å². The minimum absolute atomic E-state index is 0.0498. The van der Waals surface area contributed by atoms with E-state index in [9.17, 15) is 4.79 Å². The molecule has 0 radical (unpaired) electrons. The van der Waals surface area contributed by atoms with E-state index in [1.807, 2.05) is 24.3 Å². The van der Waals surface area contributed by atoms with Crippen molar-refractivity contribution in [3.05, 3.63) is 35.4 Å². The summed E-state index contributed by atoms with van der Waals surface area (Å²) >= 11 is 0. The first-order valence-electron chi connectivity index (χ1n) is 8.74. The van der Waals surface area contributed by atoms with Gasteiger partial charge in [-0.05, 0) is 45.4 Å². The van der Waals surface area contributed by atoms with Gasteiger partial charge in [-0.15, -0.1) is 0 Å². The lowest BCUT2D eigenvalue weighted by Gasteiger charge is -2.45. The van der Waals surface area contributed by atoms with Gasteiger partial charge in [0.15, 0.2) is 0 Å². The molecule has 0 aliphatic carbocycles. The zero-order chi connectivity index (χ0) is 17.7. The third-order valence-electron chi connectivity index (χ3n) is 4.61. The van der Waals surface area contributed by atoms with Crippen molar-refractivity contribution in [1.29, 1.82) is 0 Å². The van der Waals surface area contributed by atoms with Crippen LogP contribution in [0.1, 0.15) is 43.6 Å². The predicted molar refractivity (Wildman–Crippen MR) is 97.2 cm³/mol. The minimum Gasteiger partial charge on any atom is -0.373 e. The third kappa shape index (κ3) is 5.03. The van der Waals surface area contributed by atoms with E-state index in [4.69, 9.17) is 4.74 Å². The molecule has 2 unspecified atom stereocenters. The molecule has 1 aliphatic heterocycles. The average molecular weight is 333 g/mol. The molecular formula is C19H31N3O2. The summed E-state index contributed by atoms with van der Waals surface area (Å²) in [6, 6.07) is 7.74. The number of benzene rings is 1. The van der Waals surface area contributed by atoms with E-state index in [-0.39, 0.29) is 23.7 Å². The van der Waals surface area contributed by atoms with E-state index < -0.39 is 0 Å². The van der Waals surface area contributed by atoms with Gasteiger partial charge in [0.2, 0.25) is 0 Å². The summed E-state index contributed by atoms with van der Waals surface area (Å²) in [6.45, 7) is 12.5. The zero-order valence-electron chi connectivity index (χ0n) is 15.6. The molecule has 2 rings (SSSR count). The Morgan fingerprint density at radius 3 is 2.33 bits per heavy atom. The lowest BCUT2D eigenvalue weighted by molar-refractivity contribution is -0.0952. The Bertz CT molecular complexity index is 532. The normalized spacial score (nSPS) is 22.4. The molecule has 5 heteroatoms.